The van der Waals surface area contributed by atoms with Gasteiger partial charge < -0.3 is 9.88 Å². The van der Waals surface area contributed by atoms with Crippen LogP contribution in [0.4, 0.5) is 0 Å². The summed E-state index contributed by atoms with van der Waals surface area (Å²) in [6.45, 7) is 0. The molecule has 0 radical (unpaired) electrons. The van der Waals surface area contributed by atoms with E-state index in [1.54, 1.807) is 0 Å². The number of para-hydroxylation sites is 2. The molecule has 2 aromatic heterocycles. The van der Waals surface area contributed by atoms with E-state index in [0.717, 1.165) is 83.1 Å². The van der Waals surface area contributed by atoms with Crippen molar-refractivity contribution in [2.24, 2.45) is 9.98 Å². The molecule has 66 heavy (non-hydrogen) atoms. The molecule has 0 fully saturated rings. The molecule has 0 amide bonds. The van der Waals surface area contributed by atoms with E-state index in [0.29, 0.717) is 5.84 Å². The second-order valence-corrected chi connectivity index (χ2v) is 17.0. The summed E-state index contributed by atoms with van der Waals surface area (Å²) in [6.07, 6.45) is -0.559. The fraction of sp³-hybridized carbons (Fsp3) is 0.0164. The van der Waals surface area contributed by atoms with Crippen molar-refractivity contribution in [3.63, 3.8) is 0 Å². The van der Waals surface area contributed by atoms with Gasteiger partial charge in [-0.25, -0.2) is 9.98 Å². The maximum atomic E-state index is 5.60. The summed E-state index contributed by atoms with van der Waals surface area (Å²) < 4.78 is 4.92. The van der Waals surface area contributed by atoms with Crippen LogP contribution in [0.1, 0.15) is 17.4 Å². The van der Waals surface area contributed by atoms with Gasteiger partial charge in [-0.2, -0.15) is 0 Å². The van der Waals surface area contributed by atoms with E-state index in [1.165, 1.54) is 27.3 Å². The third-order valence-electron chi connectivity index (χ3n) is 13.2. The molecule has 0 aliphatic carbocycles. The zero-order valence-corrected chi connectivity index (χ0v) is 35.9. The number of fused-ring (bicyclic) bond motifs is 8. The van der Waals surface area contributed by atoms with Crippen LogP contribution in [0.3, 0.4) is 0 Å². The van der Waals surface area contributed by atoms with Crippen LogP contribution in [0.25, 0.3) is 93.5 Å². The number of amidine groups is 2. The first-order valence-electron chi connectivity index (χ1n) is 22.5. The summed E-state index contributed by atoms with van der Waals surface area (Å²) in [4.78, 5) is 10.9. The average molecular weight is 844 g/mol. The molecule has 3 heterocycles. The molecule has 1 unspecified atom stereocenters. The number of nitrogens with zero attached hydrogens (tertiary/aromatic N) is 4. The molecule has 0 bridgehead atoms. The minimum atomic E-state index is -0.559. The second-order valence-electron chi connectivity index (χ2n) is 17.0. The Morgan fingerprint density at radius 3 is 1.62 bits per heavy atom. The number of aromatic nitrogens is 2. The standard InChI is InChI=1S/C61H41N5/c1-4-16-40(17-5-1)43-28-31-45(32-29-43)59-62-60(48-33-30-42-20-10-11-23-46(42)38-48)64-61(63-59)66-55-27-15-13-25-51(55)53-37-36-52-50-24-12-14-26-54(50)65(57(52)58(53)66)56-39-47(41-18-6-2-7-19-41)34-35-49(56)44-21-8-3-9-22-44/h1-39,61H,(H,62,63,64). The second kappa shape index (κ2) is 15.5. The molecular formula is C61H41N5. The summed E-state index contributed by atoms with van der Waals surface area (Å²) in [5.74, 6) is 1.44. The van der Waals surface area contributed by atoms with Gasteiger partial charge in [0.15, 0.2) is 5.84 Å². The fourth-order valence-corrected chi connectivity index (χ4v) is 10.1. The molecule has 0 saturated heterocycles. The van der Waals surface area contributed by atoms with Crippen molar-refractivity contribution in [3.05, 3.63) is 248 Å². The summed E-state index contributed by atoms with van der Waals surface area (Å²) in [6, 6.07) is 84.8. The SMILES string of the molecule is c1ccc(-c2ccc(C3=NC(c4ccc5ccccc5c4)=NC(n4c5ccccc5c5ccc6c7ccccc7n(-c7cc(-c8ccccc8)ccc7-c7ccccc7)c6c54)N3)cc2)cc1. The van der Waals surface area contributed by atoms with E-state index < -0.39 is 6.29 Å². The van der Waals surface area contributed by atoms with E-state index in [9.17, 15) is 0 Å². The first-order chi connectivity index (χ1) is 32.7. The zero-order chi connectivity index (χ0) is 43.6. The molecule has 13 rings (SSSR count). The van der Waals surface area contributed by atoms with Crippen molar-refractivity contribution >= 4 is 66.1 Å². The summed E-state index contributed by atoms with van der Waals surface area (Å²) in [7, 11) is 0. The van der Waals surface area contributed by atoms with Crippen LogP contribution in [0, 0.1) is 0 Å². The van der Waals surface area contributed by atoms with Crippen molar-refractivity contribution in [2.45, 2.75) is 6.29 Å². The van der Waals surface area contributed by atoms with Crippen LogP contribution in [0.5, 0.6) is 0 Å². The van der Waals surface area contributed by atoms with Gasteiger partial charge >= 0.3 is 0 Å². The lowest BCUT2D eigenvalue weighted by Crippen LogP contribution is -2.36. The molecule has 0 spiro atoms. The molecule has 0 saturated carbocycles. The Kier molecular flexibility index (Phi) is 8.84. The van der Waals surface area contributed by atoms with Gasteiger partial charge in [0, 0.05) is 38.2 Å². The molecule has 10 aromatic carbocycles. The number of nitrogens with one attached hydrogen (secondary N) is 1. The van der Waals surface area contributed by atoms with Crippen LogP contribution < -0.4 is 5.32 Å². The maximum absolute atomic E-state index is 5.60. The maximum Gasteiger partial charge on any atom is 0.204 e. The molecule has 310 valence electrons. The molecule has 1 N–H and O–H groups in total. The number of benzene rings is 10. The van der Waals surface area contributed by atoms with Crippen LogP contribution in [0.15, 0.2) is 247 Å². The fourth-order valence-electron chi connectivity index (χ4n) is 10.1. The largest absolute Gasteiger partial charge is 0.331 e. The molecule has 1 aliphatic rings. The Balaban J connectivity index is 1.10. The van der Waals surface area contributed by atoms with E-state index in [1.807, 2.05) is 0 Å². The van der Waals surface area contributed by atoms with Crippen molar-refractivity contribution < 1.29 is 0 Å². The Morgan fingerprint density at radius 1 is 0.364 bits per heavy atom. The zero-order valence-electron chi connectivity index (χ0n) is 35.9. The van der Waals surface area contributed by atoms with Gasteiger partial charge in [0.25, 0.3) is 0 Å². The third kappa shape index (κ3) is 6.24. The van der Waals surface area contributed by atoms with Gasteiger partial charge in [-0.3, -0.25) is 4.57 Å². The number of hydrogen-bond donors (Lipinski definition) is 1. The van der Waals surface area contributed by atoms with Crippen LogP contribution in [0.2, 0.25) is 0 Å². The number of hydrogen-bond acceptors (Lipinski definition) is 3. The van der Waals surface area contributed by atoms with E-state index in [4.69, 9.17) is 9.98 Å². The highest BCUT2D eigenvalue weighted by molar-refractivity contribution is 6.24. The van der Waals surface area contributed by atoms with Crippen LogP contribution in [-0.4, -0.2) is 20.8 Å². The van der Waals surface area contributed by atoms with Gasteiger partial charge in [0.2, 0.25) is 6.29 Å². The Labute approximate surface area is 381 Å². The molecular weight excluding hydrogens is 803 g/mol. The van der Waals surface area contributed by atoms with Crippen molar-refractivity contribution in [1.29, 1.82) is 0 Å². The predicted molar refractivity (Wildman–Crippen MR) is 276 cm³/mol. The van der Waals surface area contributed by atoms with Gasteiger partial charge in [-0.15, -0.1) is 0 Å². The van der Waals surface area contributed by atoms with Crippen LogP contribution in [-0.2, 0) is 0 Å². The normalized spacial score (nSPS) is 13.9. The van der Waals surface area contributed by atoms with Crippen molar-refractivity contribution in [3.8, 4) is 39.1 Å². The van der Waals surface area contributed by atoms with Crippen LogP contribution >= 0.6 is 0 Å². The third-order valence-corrected chi connectivity index (χ3v) is 13.2. The van der Waals surface area contributed by atoms with Gasteiger partial charge in [-0.1, -0.05) is 212 Å². The first-order valence-corrected chi connectivity index (χ1v) is 22.5. The minimum Gasteiger partial charge on any atom is -0.331 e. The molecule has 1 atom stereocenters. The smallest absolute Gasteiger partial charge is 0.204 e. The number of rotatable bonds is 7. The highest BCUT2D eigenvalue weighted by Crippen LogP contribution is 2.44. The van der Waals surface area contributed by atoms with Crippen molar-refractivity contribution in [2.75, 3.05) is 0 Å². The topological polar surface area (TPSA) is 46.6 Å². The van der Waals surface area contributed by atoms with Gasteiger partial charge in [-0.05, 0) is 62.9 Å². The Bertz CT molecular complexity index is 3880. The van der Waals surface area contributed by atoms with E-state index >= 15 is 0 Å². The summed E-state index contributed by atoms with van der Waals surface area (Å²) in [5, 5.41) is 10.9. The molecule has 12 aromatic rings. The summed E-state index contributed by atoms with van der Waals surface area (Å²) >= 11 is 0. The lowest BCUT2D eigenvalue weighted by Gasteiger charge is -2.26. The molecule has 1 aliphatic heterocycles. The average Bonchev–Trinajstić information content (AvgIpc) is 3.92. The lowest BCUT2D eigenvalue weighted by molar-refractivity contribution is 0.516. The summed E-state index contributed by atoms with van der Waals surface area (Å²) in [5.41, 5.74) is 14.4. The molecule has 5 nitrogen and oxygen atoms in total. The van der Waals surface area contributed by atoms with Crippen molar-refractivity contribution in [1.82, 2.24) is 14.5 Å². The highest BCUT2D eigenvalue weighted by Gasteiger charge is 2.28. The van der Waals surface area contributed by atoms with Gasteiger partial charge in [0.1, 0.15) is 5.84 Å². The predicted octanol–water partition coefficient (Wildman–Crippen LogP) is 15.0. The first kappa shape index (κ1) is 37.7. The monoisotopic (exact) mass is 843 g/mol. The highest BCUT2D eigenvalue weighted by atomic mass is 15.3. The Hall–Kier alpha value is -8.80. The Morgan fingerprint density at radius 2 is 0.894 bits per heavy atom. The number of aliphatic imine (C=N–C) groups is 2. The van der Waals surface area contributed by atoms with Gasteiger partial charge in [0.05, 0.1) is 27.8 Å². The quantitative estimate of drug-likeness (QED) is 0.171. The lowest BCUT2D eigenvalue weighted by atomic mass is 9.98. The molecule has 5 heteroatoms. The minimum absolute atomic E-state index is 0.559. The van der Waals surface area contributed by atoms with E-state index in [-0.39, 0.29) is 0 Å². The van der Waals surface area contributed by atoms with E-state index in [2.05, 4.69) is 251 Å².